The molecule has 0 amide bonds. The largest absolute Gasteiger partial charge is 0.378 e. The lowest BCUT2D eigenvalue weighted by molar-refractivity contribution is 0.313. The normalized spacial score (nSPS) is 21.4. The molecule has 0 aliphatic carbocycles. The van der Waals surface area contributed by atoms with E-state index in [1.807, 2.05) is 0 Å². The van der Waals surface area contributed by atoms with Crippen LogP contribution in [0.25, 0.3) is 0 Å². The zero-order valence-corrected chi connectivity index (χ0v) is 13.3. The second-order valence-corrected chi connectivity index (χ2v) is 6.76. The Labute approximate surface area is 133 Å². The third-order valence-electron chi connectivity index (χ3n) is 5.12. The Morgan fingerprint density at radius 2 is 1.91 bits per heavy atom. The van der Waals surface area contributed by atoms with Crippen LogP contribution in [0.5, 0.6) is 0 Å². The van der Waals surface area contributed by atoms with E-state index in [1.54, 1.807) is 5.56 Å². The van der Waals surface area contributed by atoms with Crippen LogP contribution in [0.2, 0.25) is 0 Å². The molecule has 4 rings (SSSR count). The molecule has 0 saturated carbocycles. The summed E-state index contributed by atoms with van der Waals surface area (Å²) < 4.78 is 0. The van der Waals surface area contributed by atoms with Crippen molar-refractivity contribution >= 4 is 5.69 Å². The highest BCUT2D eigenvalue weighted by molar-refractivity contribution is 5.54. The van der Waals surface area contributed by atoms with Crippen molar-refractivity contribution in [2.45, 2.75) is 38.3 Å². The maximum Gasteiger partial charge on any atom is 0.0514 e. The number of aryl methyl sites for hydroxylation is 1. The van der Waals surface area contributed by atoms with Crippen molar-refractivity contribution in [3.8, 4) is 0 Å². The van der Waals surface area contributed by atoms with Crippen molar-refractivity contribution < 1.29 is 0 Å². The predicted octanol–water partition coefficient (Wildman–Crippen LogP) is 4.16. The summed E-state index contributed by atoms with van der Waals surface area (Å²) in [6.45, 7) is 2.27. The zero-order valence-electron chi connectivity index (χ0n) is 13.3. The van der Waals surface area contributed by atoms with Gasteiger partial charge in [0.15, 0.2) is 0 Å². The molecule has 0 radical (unpaired) electrons. The van der Waals surface area contributed by atoms with Gasteiger partial charge >= 0.3 is 0 Å². The SMILES string of the molecule is CN1CCc2cc(C3CCCc4ccccc4N3)ccc2C1. The third-order valence-corrected chi connectivity index (χ3v) is 5.12. The molecule has 2 aliphatic heterocycles. The molecule has 1 N–H and O–H groups in total. The summed E-state index contributed by atoms with van der Waals surface area (Å²) in [6.07, 6.45) is 4.85. The molecule has 2 heterocycles. The molecule has 2 aromatic carbocycles. The Kier molecular flexibility index (Phi) is 3.63. The number of benzene rings is 2. The Morgan fingerprint density at radius 1 is 1.00 bits per heavy atom. The van der Waals surface area contributed by atoms with Gasteiger partial charge in [-0.2, -0.15) is 0 Å². The molecule has 0 bridgehead atoms. The average Bonchev–Trinajstić information content (AvgIpc) is 2.76. The average molecular weight is 292 g/mol. The fraction of sp³-hybridized carbons (Fsp3) is 0.400. The van der Waals surface area contributed by atoms with Crippen LogP contribution in [-0.2, 0) is 19.4 Å². The number of para-hydroxylation sites is 1. The standard InChI is InChI=1S/C20H24N2/c1-22-12-11-16-13-17(9-10-18(16)14-22)20-8-4-6-15-5-2-3-7-19(15)21-20/h2-3,5,7,9-10,13,20-21H,4,6,8,11-12,14H2,1H3. The van der Waals surface area contributed by atoms with Crippen LogP contribution in [0.4, 0.5) is 5.69 Å². The van der Waals surface area contributed by atoms with E-state index in [0.29, 0.717) is 6.04 Å². The number of rotatable bonds is 1. The minimum atomic E-state index is 0.452. The van der Waals surface area contributed by atoms with Gasteiger partial charge in [-0.05, 0) is 61.1 Å². The summed E-state index contributed by atoms with van der Waals surface area (Å²) in [5, 5.41) is 3.78. The molecule has 1 atom stereocenters. The first-order chi connectivity index (χ1) is 10.8. The second-order valence-electron chi connectivity index (χ2n) is 6.76. The topological polar surface area (TPSA) is 15.3 Å². The highest BCUT2D eigenvalue weighted by Gasteiger charge is 2.19. The maximum atomic E-state index is 3.78. The maximum absolute atomic E-state index is 3.78. The molecule has 114 valence electrons. The summed E-state index contributed by atoms with van der Waals surface area (Å²) in [5.74, 6) is 0. The van der Waals surface area contributed by atoms with E-state index >= 15 is 0 Å². The quantitative estimate of drug-likeness (QED) is 0.849. The number of hydrogen-bond acceptors (Lipinski definition) is 2. The summed E-state index contributed by atoms with van der Waals surface area (Å²) in [6, 6.07) is 16.4. The van der Waals surface area contributed by atoms with E-state index < -0.39 is 0 Å². The van der Waals surface area contributed by atoms with Crippen LogP contribution < -0.4 is 5.32 Å². The minimum absolute atomic E-state index is 0.452. The summed E-state index contributed by atoms with van der Waals surface area (Å²) in [7, 11) is 2.21. The Hall–Kier alpha value is -1.80. The van der Waals surface area contributed by atoms with Crippen LogP contribution >= 0.6 is 0 Å². The summed E-state index contributed by atoms with van der Waals surface area (Å²) in [4.78, 5) is 2.40. The van der Waals surface area contributed by atoms with Gasteiger partial charge in [-0.3, -0.25) is 0 Å². The van der Waals surface area contributed by atoms with Gasteiger partial charge in [0, 0.05) is 18.8 Å². The zero-order chi connectivity index (χ0) is 14.9. The molecule has 0 spiro atoms. The van der Waals surface area contributed by atoms with E-state index in [9.17, 15) is 0 Å². The third kappa shape index (κ3) is 2.64. The van der Waals surface area contributed by atoms with Gasteiger partial charge < -0.3 is 10.2 Å². The van der Waals surface area contributed by atoms with Crippen molar-refractivity contribution in [3.63, 3.8) is 0 Å². The molecule has 2 aliphatic rings. The van der Waals surface area contributed by atoms with Crippen molar-refractivity contribution in [1.82, 2.24) is 4.90 Å². The number of anilines is 1. The predicted molar refractivity (Wildman–Crippen MR) is 92.2 cm³/mol. The molecule has 0 saturated heterocycles. The lowest BCUT2D eigenvalue weighted by Gasteiger charge is -2.27. The fourth-order valence-corrected chi connectivity index (χ4v) is 3.82. The lowest BCUT2D eigenvalue weighted by atomic mass is 9.93. The first-order valence-electron chi connectivity index (χ1n) is 8.44. The van der Waals surface area contributed by atoms with Crippen LogP contribution in [-0.4, -0.2) is 18.5 Å². The van der Waals surface area contributed by atoms with E-state index in [2.05, 4.69) is 59.7 Å². The van der Waals surface area contributed by atoms with Gasteiger partial charge in [-0.1, -0.05) is 36.4 Å². The van der Waals surface area contributed by atoms with Crippen LogP contribution in [0, 0.1) is 0 Å². The number of fused-ring (bicyclic) bond motifs is 2. The Balaban J connectivity index is 1.62. The molecule has 0 fully saturated rings. The Bertz CT molecular complexity index is 677. The molecule has 2 nitrogen and oxygen atoms in total. The van der Waals surface area contributed by atoms with Crippen molar-refractivity contribution in [1.29, 1.82) is 0 Å². The molecule has 0 aromatic heterocycles. The first kappa shape index (κ1) is 13.8. The lowest BCUT2D eigenvalue weighted by Crippen LogP contribution is -2.26. The molecule has 22 heavy (non-hydrogen) atoms. The van der Waals surface area contributed by atoms with Crippen molar-refractivity contribution in [2.75, 3.05) is 18.9 Å². The highest BCUT2D eigenvalue weighted by atomic mass is 15.1. The molecule has 2 aromatic rings. The van der Waals surface area contributed by atoms with Gasteiger partial charge in [-0.25, -0.2) is 0 Å². The number of nitrogens with zero attached hydrogens (tertiary/aromatic N) is 1. The van der Waals surface area contributed by atoms with Crippen molar-refractivity contribution in [3.05, 3.63) is 64.7 Å². The van der Waals surface area contributed by atoms with Crippen molar-refractivity contribution in [2.24, 2.45) is 0 Å². The molecular weight excluding hydrogens is 268 g/mol. The second kappa shape index (κ2) is 5.77. The van der Waals surface area contributed by atoms with Crippen LogP contribution in [0.1, 0.15) is 41.1 Å². The summed E-state index contributed by atoms with van der Waals surface area (Å²) in [5.41, 5.74) is 7.30. The Morgan fingerprint density at radius 3 is 2.86 bits per heavy atom. The highest BCUT2D eigenvalue weighted by Crippen LogP contribution is 2.32. The monoisotopic (exact) mass is 292 g/mol. The van der Waals surface area contributed by atoms with Crippen LogP contribution in [0.15, 0.2) is 42.5 Å². The van der Waals surface area contributed by atoms with Crippen LogP contribution in [0.3, 0.4) is 0 Å². The van der Waals surface area contributed by atoms with Gasteiger partial charge in [0.25, 0.3) is 0 Å². The van der Waals surface area contributed by atoms with Gasteiger partial charge in [0.2, 0.25) is 0 Å². The van der Waals surface area contributed by atoms with E-state index in [0.717, 1.165) is 6.54 Å². The number of nitrogens with one attached hydrogen (secondary N) is 1. The molecule has 1 unspecified atom stereocenters. The van der Waals surface area contributed by atoms with E-state index in [4.69, 9.17) is 0 Å². The van der Waals surface area contributed by atoms with E-state index in [-0.39, 0.29) is 0 Å². The molecular formula is C20H24N2. The summed E-state index contributed by atoms with van der Waals surface area (Å²) >= 11 is 0. The minimum Gasteiger partial charge on any atom is -0.378 e. The molecule has 2 heteroatoms. The van der Waals surface area contributed by atoms with Gasteiger partial charge in [0.1, 0.15) is 0 Å². The van der Waals surface area contributed by atoms with Gasteiger partial charge in [0.05, 0.1) is 6.04 Å². The first-order valence-corrected chi connectivity index (χ1v) is 8.44. The fourth-order valence-electron chi connectivity index (χ4n) is 3.82. The number of likely N-dealkylation sites (N-methyl/N-ethyl adjacent to an activating group) is 1. The van der Waals surface area contributed by atoms with Gasteiger partial charge in [-0.15, -0.1) is 0 Å². The van der Waals surface area contributed by atoms with E-state index in [1.165, 1.54) is 54.6 Å². The smallest absolute Gasteiger partial charge is 0.0514 e. The number of hydrogen-bond donors (Lipinski definition) is 1.